The van der Waals surface area contributed by atoms with Crippen LogP contribution in [-0.2, 0) is 11.2 Å². The largest absolute Gasteiger partial charge is 0.372 e. The quantitative estimate of drug-likeness (QED) is 0.856. The minimum atomic E-state index is -0.00678. The van der Waals surface area contributed by atoms with Crippen molar-refractivity contribution in [2.75, 3.05) is 13.7 Å². The standard InChI is InChI=1S/C13H21NOS/c1-13(2,14-3)12-10-7-9-16-11(10)6-4-5-8-15-12/h7,9,12,14H,4-6,8H2,1-3H3. The molecule has 0 fully saturated rings. The SMILES string of the molecule is CNC(C)(C)C1OCCCCc2sccc21. The van der Waals surface area contributed by atoms with E-state index in [0.29, 0.717) is 0 Å². The summed E-state index contributed by atoms with van der Waals surface area (Å²) in [5.74, 6) is 0. The lowest BCUT2D eigenvalue weighted by Gasteiger charge is -2.35. The summed E-state index contributed by atoms with van der Waals surface area (Å²) in [4.78, 5) is 1.51. The van der Waals surface area contributed by atoms with Gasteiger partial charge in [-0.15, -0.1) is 11.3 Å². The summed E-state index contributed by atoms with van der Waals surface area (Å²) in [6, 6.07) is 2.23. The summed E-state index contributed by atoms with van der Waals surface area (Å²) in [7, 11) is 2.01. The zero-order chi connectivity index (χ0) is 11.6. The Labute approximate surface area is 102 Å². The first kappa shape index (κ1) is 12.1. The fraction of sp³-hybridized carbons (Fsp3) is 0.692. The summed E-state index contributed by atoms with van der Waals surface area (Å²) in [5.41, 5.74) is 1.39. The number of fused-ring (bicyclic) bond motifs is 1. The van der Waals surface area contributed by atoms with E-state index in [2.05, 4.69) is 30.6 Å². The normalized spacial score (nSPS) is 22.3. The Bertz CT molecular complexity index is 345. The molecule has 2 heterocycles. The average Bonchev–Trinajstić information content (AvgIpc) is 2.65. The van der Waals surface area contributed by atoms with E-state index in [1.54, 1.807) is 0 Å². The van der Waals surface area contributed by atoms with Gasteiger partial charge in [-0.25, -0.2) is 0 Å². The first-order chi connectivity index (χ1) is 7.65. The summed E-state index contributed by atoms with van der Waals surface area (Å²) >= 11 is 1.87. The second-order valence-corrected chi connectivity index (χ2v) is 5.98. The average molecular weight is 239 g/mol. The van der Waals surface area contributed by atoms with E-state index < -0.39 is 0 Å². The third-order valence-electron chi connectivity index (χ3n) is 3.44. The maximum absolute atomic E-state index is 6.07. The molecule has 3 heteroatoms. The van der Waals surface area contributed by atoms with Crippen molar-refractivity contribution < 1.29 is 4.74 Å². The molecule has 2 rings (SSSR count). The van der Waals surface area contributed by atoms with Gasteiger partial charge in [-0.05, 0) is 57.2 Å². The van der Waals surface area contributed by atoms with E-state index in [-0.39, 0.29) is 11.6 Å². The van der Waals surface area contributed by atoms with Crippen LogP contribution in [0.5, 0.6) is 0 Å². The molecule has 1 aromatic heterocycles. The molecule has 1 aromatic rings. The first-order valence-electron chi connectivity index (χ1n) is 6.02. The predicted octanol–water partition coefficient (Wildman–Crippen LogP) is 3.14. The second kappa shape index (κ2) is 4.86. The third-order valence-corrected chi connectivity index (χ3v) is 4.44. The van der Waals surface area contributed by atoms with E-state index in [9.17, 15) is 0 Å². The van der Waals surface area contributed by atoms with Crippen molar-refractivity contribution in [3.63, 3.8) is 0 Å². The summed E-state index contributed by atoms with van der Waals surface area (Å²) in [6.45, 7) is 5.30. The Hall–Kier alpha value is -0.380. The Morgan fingerprint density at radius 3 is 3.00 bits per heavy atom. The van der Waals surface area contributed by atoms with Gasteiger partial charge in [0, 0.05) is 17.0 Å². The molecular weight excluding hydrogens is 218 g/mol. The number of hydrogen-bond donors (Lipinski definition) is 1. The highest BCUT2D eigenvalue weighted by molar-refractivity contribution is 7.10. The van der Waals surface area contributed by atoms with Crippen molar-refractivity contribution in [2.45, 2.75) is 44.8 Å². The third kappa shape index (κ3) is 2.31. The summed E-state index contributed by atoms with van der Waals surface area (Å²) < 4.78 is 6.07. The van der Waals surface area contributed by atoms with Gasteiger partial charge in [0.1, 0.15) is 6.10 Å². The maximum atomic E-state index is 6.07. The van der Waals surface area contributed by atoms with Gasteiger partial charge in [-0.1, -0.05) is 0 Å². The van der Waals surface area contributed by atoms with Crippen LogP contribution < -0.4 is 5.32 Å². The molecule has 0 aliphatic carbocycles. The minimum absolute atomic E-state index is 0.00678. The van der Waals surface area contributed by atoms with E-state index in [4.69, 9.17) is 4.74 Å². The molecule has 2 nitrogen and oxygen atoms in total. The van der Waals surface area contributed by atoms with Crippen LogP contribution >= 0.6 is 11.3 Å². The molecule has 16 heavy (non-hydrogen) atoms. The van der Waals surface area contributed by atoms with Crippen LogP contribution in [0.4, 0.5) is 0 Å². The molecule has 90 valence electrons. The lowest BCUT2D eigenvalue weighted by Crippen LogP contribution is -2.44. The van der Waals surface area contributed by atoms with E-state index in [1.165, 1.54) is 29.7 Å². The molecular formula is C13H21NOS. The van der Waals surface area contributed by atoms with Gasteiger partial charge in [-0.2, -0.15) is 0 Å². The second-order valence-electron chi connectivity index (χ2n) is 4.98. The number of aryl methyl sites for hydroxylation is 1. The Kier molecular flexibility index (Phi) is 3.67. The van der Waals surface area contributed by atoms with E-state index >= 15 is 0 Å². The van der Waals surface area contributed by atoms with Gasteiger partial charge >= 0.3 is 0 Å². The van der Waals surface area contributed by atoms with E-state index in [1.807, 2.05) is 18.4 Å². The number of nitrogens with one attached hydrogen (secondary N) is 1. The molecule has 0 amide bonds. The van der Waals surface area contributed by atoms with Gasteiger partial charge in [0.25, 0.3) is 0 Å². The predicted molar refractivity (Wildman–Crippen MR) is 69.1 cm³/mol. The molecule has 0 bridgehead atoms. The fourth-order valence-electron chi connectivity index (χ4n) is 2.19. The summed E-state index contributed by atoms with van der Waals surface area (Å²) in [6.07, 6.45) is 3.82. The van der Waals surface area contributed by atoms with Crippen molar-refractivity contribution in [2.24, 2.45) is 0 Å². The highest BCUT2D eigenvalue weighted by Gasteiger charge is 2.32. The van der Waals surface area contributed by atoms with Crippen molar-refractivity contribution in [1.82, 2.24) is 5.32 Å². The molecule has 0 saturated carbocycles. The molecule has 1 atom stereocenters. The Balaban J connectivity index is 2.32. The first-order valence-corrected chi connectivity index (χ1v) is 6.90. The van der Waals surface area contributed by atoms with Crippen LogP contribution in [0.15, 0.2) is 11.4 Å². The number of rotatable bonds is 2. The zero-order valence-corrected chi connectivity index (χ0v) is 11.2. The monoisotopic (exact) mass is 239 g/mol. The molecule has 1 aliphatic heterocycles. The van der Waals surface area contributed by atoms with Crippen LogP contribution in [0.1, 0.15) is 43.2 Å². The Morgan fingerprint density at radius 2 is 2.25 bits per heavy atom. The number of hydrogen-bond acceptors (Lipinski definition) is 3. The van der Waals surface area contributed by atoms with Gasteiger partial charge in [0.05, 0.1) is 0 Å². The molecule has 0 saturated heterocycles. The van der Waals surface area contributed by atoms with Gasteiger partial charge in [0.2, 0.25) is 0 Å². The smallest absolute Gasteiger partial charge is 0.101 e. The van der Waals surface area contributed by atoms with Crippen molar-refractivity contribution in [1.29, 1.82) is 0 Å². The highest BCUT2D eigenvalue weighted by Crippen LogP contribution is 2.36. The van der Waals surface area contributed by atoms with Gasteiger partial charge in [-0.3, -0.25) is 0 Å². The van der Waals surface area contributed by atoms with Crippen molar-refractivity contribution in [3.8, 4) is 0 Å². The zero-order valence-electron chi connectivity index (χ0n) is 10.4. The molecule has 1 N–H and O–H groups in total. The topological polar surface area (TPSA) is 21.3 Å². The number of thiophene rings is 1. The number of likely N-dealkylation sites (N-methyl/N-ethyl adjacent to an activating group) is 1. The van der Waals surface area contributed by atoms with Crippen molar-refractivity contribution >= 4 is 11.3 Å². The summed E-state index contributed by atoms with van der Waals surface area (Å²) in [5, 5.41) is 5.56. The molecule has 0 radical (unpaired) electrons. The highest BCUT2D eigenvalue weighted by atomic mass is 32.1. The fourth-order valence-corrected chi connectivity index (χ4v) is 3.15. The maximum Gasteiger partial charge on any atom is 0.101 e. The van der Waals surface area contributed by atoms with Crippen LogP contribution in [0.25, 0.3) is 0 Å². The minimum Gasteiger partial charge on any atom is -0.372 e. The van der Waals surface area contributed by atoms with Crippen molar-refractivity contribution in [3.05, 3.63) is 21.9 Å². The van der Waals surface area contributed by atoms with Crippen LogP contribution in [0.3, 0.4) is 0 Å². The van der Waals surface area contributed by atoms with Gasteiger partial charge in [0.15, 0.2) is 0 Å². The molecule has 0 aromatic carbocycles. The Morgan fingerprint density at radius 1 is 1.44 bits per heavy atom. The molecule has 1 unspecified atom stereocenters. The van der Waals surface area contributed by atoms with Crippen LogP contribution in [0, 0.1) is 0 Å². The van der Waals surface area contributed by atoms with E-state index in [0.717, 1.165) is 6.61 Å². The lowest BCUT2D eigenvalue weighted by atomic mass is 9.90. The van der Waals surface area contributed by atoms with Crippen LogP contribution in [0.2, 0.25) is 0 Å². The van der Waals surface area contributed by atoms with Crippen LogP contribution in [-0.4, -0.2) is 19.2 Å². The lowest BCUT2D eigenvalue weighted by molar-refractivity contribution is -0.00668. The number of ether oxygens (including phenoxy) is 1. The van der Waals surface area contributed by atoms with Gasteiger partial charge < -0.3 is 10.1 Å². The molecule has 1 aliphatic rings. The molecule has 0 spiro atoms.